The maximum Gasteiger partial charge on any atom is 0.338 e. The molecule has 0 amide bonds. The lowest BCUT2D eigenvalue weighted by molar-refractivity contribution is -0.163. The van der Waals surface area contributed by atoms with E-state index in [1.165, 1.54) is 24.3 Å². The predicted octanol–water partition coefficient (Wildman–Crippen LogP) is 6.30. The summed E-state index contributed by atoms with van der Waals surface area (Å²) < 4.78 is 74.6. The first-order valence-electron chi connectivity index (χ1n) is 18.5. The summed E-state index contributed by atoms with van der Waals surface area (Å²) in [6, 6.07) is 7.73. The summed E-state index contributed by atoms with van der Waals surface area (Å²) in [5, 5.41) is 0. The molecule has 2 fully saturated rings. The number of esters is 4. The van der Waals surface area contributed by atoms with E-state index in [-0.39, 0.29) is 48.7 Å². The zero-order chi connectivity index (χ0) is 39.0. The Balaban J connectivity index is 1.46. The molecule has 0 aliphatic carbocycles. The van der Waals surface area contributed by atoms with Crippen LogP contribution in [0.5, 0.6) is 0 Å². The quantitative estimate of drug-likeness (QED) is 0.0729. The lowest BCUT2D eigenvalue weighted by Gasteiger charge is -2.14. The summed E-state index contributed by atoms with van der Waals surface area (Å²) in [6.45, 7) is 8.27. The number of benzene rings is 2. The molecule has 2 saturated heterocycles. The Morgan fingerprint density at radius 2 is 0.796 bits per heavy atom. The van der Waals surface area contributed by atoms with Crippen LogP contribution in [-0.4, -0.2) is 74.7 Å². The van der Waals surface area contributed by atoms with Crippen LogP contribution >= 0.6 is 0 Å². The molecule has 0 aromatic heterocycles. The highest BCUT2D eigenvalue weighted by Crippen LogP contribution is 2.35. The third-order valence-corrected chi connectivity index (χ3v) is 8.39. The summed E-state index contributed by atoms with van der Waals surface area (Å²) in [4.78, 5) is 51.1. The molecule has 4 atom stereocenters. The van der Waals surface area contributed by atoms with Crippen LogP contribution in [0, 0.1) is 23.5 Å². The number of unbranched alkanes of at least 4 members (excludes halogenated alkanes) is 4. The molecule has 2 aliphatic rings. The number of carbonyl (C=O) groups is 4. The second-order valence-electron chi connectivity index (χ2n) is 12.7. The molecule has 2 heterocycles. The van der Waals surface area contributed by atoms with E-state index in [1.54, 1.807) is 0 Å². The average Bonchev–Trinajstić information content (AvgIpc) is 3.82. The number of carbonyl (C=O) groups excluding carboxylic acids is 4. The molecule has 2 aromatic carbocycles. The zero-order valence-electron chi connectivity index (χ0n) is 31.1. The summed E-state index contributed by atoms with van der Waals surface area (Å²) in [6.07, 6.45) is -2.58. The van der Waals surface area contributed by atoms with Crippen molar-refractivity contribution in [3.8, 4) is 11.8 Å². The Bertz CT molecular complexity index is 1480. The molecule has 2 aliphatic heterocycles. The molecule has 2 aromatic rings. The third kappa shape index (κ3) is 11.5. The normalized spacial score (nSPS) is 19.9. The summed E-state index contributed by atoms with van der Waals surface area (Å²) >= 11 is 0. The van der Waals surface area contributed by atoms with Gasteiger partial charge in [-0.3, -0.25) is 0 Å². The zero-order valence-corrected chi connectivity index (χ0v) is 31.1. The van der Waals surface area contributed by atoms with Crippen molar-refractivity contribution >= 4 is 23.9 Å². The summed E-state index contributed by atoms with van der Waals surface area (Å²) in [5.74, 6) is 0.455. The van der Waals surface area contributed by atoms with Crippen molar-refractivity contribution < 1.29 is 65.9 Å². The molecular formula is C40H48F2O12. The van der Waals surface area contributed by atoms with E-state index in [1.807, 2.05) is 27.7 Å². The maximum absolute atomic E-state index is 15.3. The molecule has 0 saturated carbocycles. The first-order valence-corrected chi connectivity index (χ1v) is 18.5. The summed E-state index contributed by atoms with van der Waals surface area (Å²) in [7, 11) is 0. The topological polar surface area (TPSA) is 142 Å². The molecule has 54 heavy (non-hydrogen) atoms. The molecule has 0 radical (unpaired) electrons. The van der Waals surface area contributed by atoms with Gasteiger partial charge in [-0.1, -0.05) is 77.4 Å². The smallest absolute Gasteiger partial charge is 0.338 e. The number of halogens is 2. The Morgan fingerprint density at radius 1 is 0.519 bits per heavy atom. The van der Waals surface area contributed by atoms with Gasteiger partial charge in [0.2, 0.25) is 0 Å². The van der Waals surface area contributed by atoms with Gasteiger partial charge < -0.3 is 37.9 Å². The van der Waals surface area contributed by atoms with E-state index in [2.05, 4.69) is 11.8 Å². The lowest BCUT2D eigenvalue weighted by Crippen LogP contribution is -2.39. The van der Waals surface area contributed by atoms with E-state index < -0.39 is 72.5 Å². The van der Waals surface area contributed by atoms with E-state index >= 15 is 8.78 Å². The van der Waals surface area contributed by atoms with Crippen molar-refractivity contribution in [2.75, 3.05) is 26.4 Å². The molecule has 0 unspecified atom stereocenters. The van der Waals surface area contributed by atoms with Crippen LogP contribution in [0.2, 0.25) is 0 Å². The fourth-order valence-corrected chi connectivity index (χ4v) is 5.20. The first-order chi connectivity index (χ1) is 26.1. The highest BCUT2D eigenvalue weighted by Gasteiger charge is 2.49. The van der Waals surface area contributed by atoms with Crippen molar-refractivity contribution in [2.24, 2.45) is 0 Å². The molecule has 294 valence electrons. The van der Waals surface area contributed by atoms with Crippen molar-refractivity contribution in [3.05, 3.63) is 70.3 Å². The van der Waals surface area contributed by atoms with Crippen molar-refractivity contribution in [1.29, 1.82) is 0 Å². The highest BCUT2D eigenvalue weighted by molar-refractivity contribution is 5.87. The lowest BCUT2D eigenvalue weighted by atomic mass is 10.1. The minimum absolute atomic E-state index is 0.0809. The second kappa shape index (κ2) is 21.5. The highest BCUT2D eigenvalue weighted by atomic mass is 19.1. The second-order valence-corrected chi connectivity index (χ2v) is 12.7. The van der Waals surface area contributed by atoms with Gasteiger partial charge in [-0.25, -0.2) is 28.0 Å². The fraction of sp³-hybridized carbons (Fsp3) is 0.550. The predicted molar refractivity (Wildman–Crippen MR) is 187 cm³/mol. The van der Waals surface area contributed by atoms with Gasteiger partial charge in [0, 0.05) is 11.1 Å². The Labute approximate surface area is 314 Å². The minimum Gasteiger partial charge on any atom is -0.464 e. The number of hydrogen-bond donors (Lipinski definition) is 0. The largest absolute Gasteiger partial charge is 0.464 e. The van der Waals surface area contributed by atoms with Crippen molar-refractivity contribution in [3.63, 3.8) is 0 Å². The van der Waals surface area contributed by atoms with Crippen LogP contribution < -0.4 is 0 Å². The number of hydrogen-bond acceptors (Lipinski definition) is 12. The molecule has 12 nitrogen and oxygen atoms in total. The first kappa shape index (κ1) is 42.3. The van der Waals surface area contributed by atoms with Gasteiger partial charge in [0.1, 0.15) is 11.6 Å². The summed E-state index contributed by atoms with van der Waals surface area (Å²) in [5.41, 5.74) is 0.172. The van der Waals surface area contributed by atoms with Gasteiger partial charge in [0.15, 0.2) is 37.0 Å². The van der Waals surface area contributed by atoms with Gasteiger partial charge >= 0.3 is 23.9 Å². The minimum atomic E-state index is -1.41. The van der Waals surface area contributed by atoms with Crippen LogP contribution in [0.1, 0.15) is 114 Å². The van der Waals surface area contributed by atoms with E-state index in [9.17, 15) is 19.2 Å². The maximum atomic E-state index is 15.3. The van der Waals surface area contributed by atoms with Gasteiger partial charge in [0.25, 0.3) is 0 Å². The number of ether oxygens (including phenoxy) is 8. The van der Waals surface area contributed by atoms with Gasteiger partial charge in [-0.05, 0) is 49.9 Å². The Kier molecular flexibility index (Phi) is 16.8. The van der Waals surface area contributed by atoms with E-state index in [0.29, 0.717) is 25.7 Å². The SMILES string of the molecule is CCCCOC(=O)[C@@H]1OC(c2ccc(C#Cc3ccc(C4O[C@@H](C(=O)OCCCC)[C@H](C(=O)OCCCC)O4)cc3F)c(F)c2)O[C@H]1C(=O)OCCCC. The molecule has 0 bridgehead atoms. The number of rotatable bonds is 18. The molecular weight excluding hydrogens is 710 g/mol. The molecule has 0 N–H and O–H groups in total. The van der Waals surface area contributed by atoms with Crippen LogP contribution in [0.4, 0.5) is 8.78 Å². The monoisotopic (exact) mass is 758 g/mol. The van der Waals surface area contributed by atoms with Crippen LogP contribution in [0.25, 0.3) is 0 Å². The van der Waals surface area contributed by atoms with Crippen LogP contribution in [-0.2, 0) is 57.1 Å². The Morgan fingerprint density at radius 3 is 1.04 bits per heavy atom. The van der Waals surface area contributed by atoms with Gasteiger partial charge in [0.05, 0.1) is 37.6 Å². The van der Waals surface area contributed by atoms with Crippen molar-refractivity contribution in [1.82, 2.24) is 0 Å². The van der Waals surface area contributed by atoms with Gasteiger partial charge in [-0.15, -0.1) is 0 Å². The standard InChI is InChI=1S/C40H48F2O12/c1-5-9-19-47-35(43)31-32(36(44)48-20-10-6-2)52-39(51-31)27-17-15-25(29(41)23-27)13-14-26-16-18-28(24-30(26)42)40-53-33(37(45)49-21-11-7-3)34(54-40)38(46)50-22-12-8-4/h15-18,23-24,31-34,39-40H,5-12,19-22H2,1-4H3/t31-,32-,33-,34-/m1/s1. The van der Waals surface area contributed by atoms with E-state index in [0.717, 1.165) is 37.8 Å². The average molecular weight is 759 g/mol. The van der Waals surface area contributed by atoms with Crippen LogP contribution in [0.15, 0.2) is 36.4 Å². The van der Waals surface area contributed by atoms with Crippen LogP contribution in [0.3, 0.4) is 0 Å². The fourth-order valence-electron chi connectivity index (χ4n) is 5.20. The third-order valence-electron chi connectivity index (χ3n) is 8.39. The molecule has 14 heteroatoms. The Hall–Kier alpha value is -4.42. The molecule has 4 rings (SSSR count). The van der Waals surface area contributed by atoms with Crippen molar-refractivity contribution in [2.45, 2.75) is 116 Å². The van der Waals surface area contributed by atoms with Gasteiger partial charge in [-0.2, -0.15) is 0 Å². The van der Waals surface area contributed by atoms with E-state index in [4.69, 9.17) is 37.9 Å². The molecule has 0 spiro atoms.